The number of nitriles is 1. The van der Waals surface area contributed by atoms with Crippen LogP contribution in [-0.4, -0.2) is 21.0 Å². The van der Waals surface area contributed by atoms with E-state index in [1.54, 1.807) is 30.9 Å². The zero-order chi connectivity index (χ0) is 29.6. The highest BCUT2D eigenvalue weighted by atomic mass is 32.1. The van der Waals surface area contributed by atoms with Crippen molar-refractivity contribution >= 4 is 40.4 Å². The Balaban J connectivity index is 1.34. The van der Waals surface area contributed by atoms with Crippen LogP contribution < -0.4 is 4.90 Å². The minimum atomic E-state index is -1.23. The quantitative estimate of drug-likeness (QED) is 0.144. The van der Waals surface area contributed by atoms with Crippen molar-refractivity contribution in [2.24, 2.45) is 0 Å². The van der Waals surface area contributed by atoms with Gasteiger partial charge >= 0.3 is 5.97 Å². The largest absolute Gasteiger partial charge is 0.477 e. The normalized spacial score (nSPS) is 11.1. The Kier molecular flexibility index (Phi) is 7.85. The van der Waals surface area contributed by atoms with E-state index in [1.165, 1.54) is 17.4 Å². The van der Waals surface area contributed by atoms with Crippen LogP contribution >= 0.6 is 11.3 Å². The molecule has 6 aromatic rings. The highest BCUT2D eigenvalue weighted by molar-refractivity contribution is 7.16. The number of carbonyl (C=O) groups is 1. The molecule has 0 atom stereocenters. The van der Waals surface area contributed by atoms with Crippen molar-refractivity contribution in [1.29, 1.82) is 5.26 Å². The molecule has 0 saturated heterocycles. The van der Waals surface area contributed by atoms with Crippen LogP contribution in [0.5, 0.6) is 0 Å². The first-order chi connectivity index (χ1) is 21.1. The third kappa shape index (κ3) is 6.10. The minimum Gasteiger partial charge on any atom is -0.477 e. The lowest BCUT2D eigenvalue weighted by atomic mass is 10.0. The first-order valence-corrected chi connectivity index (χ1v) is 14.3. The third-order valence-corrected chi connectivity index (χ3v) is 8.03. The number of carboxylic acid groups (broad SMARTS) is 1. The Morgan fingerprint density at radius 1 is 0.628 bits per heavy atom. The van der Waals surface area contributed by atoms with Crippen molar-refractivity contribution in [3.63, 3.8) is 0 Å². The molecule has 3 aromatic heterocycles. The van der Waals surface area contributed by atoms with Gasteiger partial charge in [0.05, 0.1) is 0 Å². The zero-order valence-electron chi connectivity index (χ0n) is 22.8. The van der Waals surface area contributed by atoms with E-state index in [0.717, 1.165) is 49.8 Å². The van der Waals surface area contributed by atoms with E-state index in [0.29, 0.717) is 4.88 Å². The SMILES string of the molecule is N#C/C(=C\c1ccc(-c2ccc(N(c3ccc(-c4ccncc4)cc3)c3ccc(-c4ccncc4)cc3)cc2)s1)C(=O)O. The highest BCUT2D eigenvalue weighted by Crippen LogP contribution is 2.38. The van der Waals surface area contributed by atoms with E-state index in [1.807, 2.05) is 36.4 Å². The van der Waals surface area contributed by atoms with Gasteiger partial charge in [-0.15, -0.1) is 11.3 Å². The van der Waals surface area contributed by atoms with E-state index in [9.17, 15) is 9.90 Å². The molecule has 0 aliphatic rings. The van der Waals surface area contributed by atoms with Crippen molar-refractivity contribution < 1.29 is 9.90 Å². The van der Waals surface area contributed by atoms with Crippen LogP contribution in [0.25, 0.3) is 38.8 Å². The van der Waals surface area contributed by atoms with Crippen LogP contribution in [0, 0.1) is 11.3 Å². The molecule has 0 bridgehead atoms. The predicted octanol–water partition coefficient (Wildman–Crippen LogP) is 9.00. The second-order valence-corrected chi connectivity index (χ2v) is 10.7. The molecular formula is C36H24N4O2S. The van der Waals surface area contributed by atoms with E-state index in [4.69, 9.17) is 5.26 Å². The van der Waals surface area contributed by atoms with Crippen LogP contribution in [0.4, 0.5) is 17.1 Å². The summed E-state index contributed by atoms with van der Waals surface area (Å²) in [5.41, 5.74) is 8.17. The molecule has 0 fully saturated rings. The number of hydrogen-bond donors (Lipinski definition) is 1. The van der Waals surface area contributed by atoms with Gasteiger partial charge in [0.2, 0.25) is 0 Å². The second kappa shape index (κ2) is 12.4. The summed E-state index contributed by atoms with van der Waals surface area (Å²) < 4.78 is 0. The van der Waals surface area contributed by atoms with Crippen molar-refractivity contribution in [2.75, 3.05) is 4.90 Å². The number of carboxylic acids is 1. The minimum absolute atomic E-state index is 0.288. The molecule has 0 amide bonds. The number of nitrogens with zero attached hydrogens (tertiary/aromatic N) is 4. The Morgan fingerprint density at radius 2 is 1.05 bits per heavy atom. The van der Waals surface area contributed by atoms with Crippen LogP contribution in [0.1, 0.15) is 4.88 Å². The fraction of sp³-hybridized carbons (Fsp3) is 0. The van der Waals surface area contributed by atoms with Gasteiger partial charge in [-0.2, -0.15) is 5.26 Å². The average molecular weight is 577 g/mol. The van der Waals surface area contributed by atoms with Crippen molar-refractivity contribution in [3.05, 3.63) is 144 Å². The van der Waals surface area contributed by atoms with Gasteiger partial charge in [-0.1, -0.05) is 36.4 Å². The van der Waals surface area contributed by atoms with Crippen molar-refractivity contribution in [1.82, 2.24) is 9.97 Å². The molecule has 3 aromatic carbocycles. The first kappa shape index (κ1) is 27.3. The maximum Gasteiger partial charge on any atom is 0.346 e. The fourth-order valence-electron chi connectivity index (χ4n) is 4.79. The number of anilines is 3. The lowest BCUT2D eigenvalue weighted by Crippen LogP contribution is -2.09. The summed E-state index contributed by atoms with van der Waals surface area (Å²) in [5.74, 6) is -1.23. The van der Waals surface area contributed by atoms with E-state index in [2.05, 4.69) is 87.7 Å². The van der Waals surface area contributed by atoms with Gasteiger partial charge in [0.15, 0.2) is 0 Å². The number of pyridine rings is 2. The Hall–Kier alpha value is -5.84. The van der Waals surface area contributed by atoms with E-state index in [-0.39, 0.29) is 5.57 Å². The number of benzene rings is 3. The maximum absolute atomic E-state index is 11.2. The van der Waals surface area contributed by atoms with Gasteiger partial charge in [0.1, 0.15) is 11.6 Å². The lowest BCUT2D eigenvalue weighted by molar-refractivity contribution is -0.132. The zero-order valence-corrected chi connectivity index (χ0v) is 23.6. The monoisotopic (exact) mass is 576 g/mol. The topological polar surface area (TPSA) is 90.1 Å². The average Bonchev–Trinajstić information content (AvgIpc) is 3.54. The molecule has 0 aliphatic carbocycles. The van der Waals surface area contributed by atoms with Gasteiger partial charge in [-0.25, -0.2) is 4.79 Å². The van der Waals surface area contributed by atoms with Crippen molar-refractivity contribution in [2.45, 2.75) is 0 Å². The molecule has 206 valence electrons. The molecule has 7 heteroatoms. The number of hydrogen-bond acceptors (Lipinski definition) is 6. The molecule has 0 spiro atoms. The fourth-order valence-corrected chi connectivity index (χ4v) is 5.74. The summed E-state index contributed by atoms with van der Waals surface area (Å²) >= 11 is 1.44. The number of aliphatic carboxylic acids is 1. The Morgan fingerprint density at radius 3 is 1.47 bits per heavy atom. The standard InChI is InChI=1S/C36H24N4O2S/c37-24-30(36(41)42)23-34-13-14-35(43-34)29-5-11-33(12-6-29)40(31-7-1-25(2-8-31)27-15-19-38-20-16-27)32-9-3-26(4-10-32)28-17-21-39-22-18-28/h1-23H,(H,41,42)/b30-23+. The Labute approximate surface area is 253 Å². The summed E-state index contributed by atoms with van der Waals surface area (Å²) in [6.45, 7) is 0. The van der Waals surface area contributed by atoms with Crippen molar-refractivity contribution in [3.8, 4) is 38.8 Å². The first-order valence-electron chi connectivity index (χ1n) is 13.5. The maximum atomic E-state index is 11.2. The van der Waals surface area contributed by atoms with E-state index >= 15 is 0 Å². The lowest BCUT2D eigenvalue weighted by Gasteiger charge is -2.26. The summed E-state index contributed by atoms with van der Waals surface area (Å²) in [5, 5.41) is 18.3. The van der Waals surface area contributed by atoms with E-state index < -0.39 is 5.97 Å². The predicted molar refractivity (Wildman–Crippen MR) is 172 cm³/mol. The molecule has 0 saturated carbocycles. The Bertz CT molecular complexity index is 1840. The molecular weight excluding hydrogens is 552 g/mol. The van der Waals surface area contributed by atoms with Crippen LogP contribution in [0.2, 0.25) is 0 Å². The molecule has 1 N–H and O–H groups in total. The molecule has 6 nitrogen and oxygen atoms in total. The van der Waals surface area contributed by atoms with Gasteiger partial charge < -0.3 is 10.0 Å². The smallest absolute Gasteiger partial charge is 0.346 e. The van der Waals surface area contributed by atoms with Crippen LogP contribution in [0.3, 0.4) is 0 Å². The molecule has 0 radical (unpaired) electrons. The number of thiophene rings is 1. The van der Waals surface area contributed by atoms with Crippen LogP contribution in [-0.2, 0) is 4.79 Å². The molecule has 0 aliphatic heterocycles. The summed E-state index contributed by atoms with van der Waals surface area (Å²) in [4.78, 5) is 23.4. The molecule has 43 heavy (non-hydrogen) atoms. The van der Waals surface area contributed by atoms with Gasteiger partial charge in [-0.05, 0) is 107 Å². The highest BCUT2D eigenvalue weighted by Gasteiger charge is 2.14. The summed E-state index contributed by atoms with van der Waals surface area (Å²) in [6, 6.07) is 38.7. The second-order valence-electron chi connectivity index (χ2n) is 9.62. The number of aromatic nitrogens is 2. The number of rotatable bonds is 8. The third-order valence-electron chi connectivity index (χ3n) is 6.95. The molecule has 0 unspecified atom stereocenters. The molecule has 6 rings (SSSR count). The summed E-state index contributed by atoms with van der Waals surface area (Å²) in [6.07, 6.45) is 8.58. The molecule has 3 heterocycles. The van der Waals surface area contributed by atoms with Gasteiger partial charge in [0.25, 0.3) is 0 Å². The van der Waals surface area contributed by atoms with Gasteiger partial charge in [0, 0.05) is 51.6 Å². The summed E-state index contributed by atoms with van der Waals surface area (Å²) in [7, 11) is 0. The van der Waals surface area contributed by atoms with Gasteiger partial charge in [-0.3, -0.25) is 9.97 Å². The van der Waals surface area contributed by atoms with Crippen LogP contribution in [0.15, 0.2) is 140 Å².